The monoisotopic (exact) mass is 496 g/mol. The Labute approximate surface area is 207 Å². The second-order valence-electron chi connectivity index (χ2n) is 8.66. The highest BCUT2D eigenvalue weighted by molar-refractivity contribution is 6.30. The molecule has 0 amide bonds. The minimum absolute atomic E-state index is 0.0576. The summed E-state index contributed by atoms with van der Waals surface area (Å²) in [4.78, 5) is 42.1. The number of carbonyl (C=O) groups is 2. The number of esters is 1. The Morgan fingerprint density at radius 2 is 1.74 bits per heavy atom. The fraction of sp³-hybridized carbons (Fsp3) is 0.346. The summed E-state index contributed by atoms with van der Waals surface area (Å²) in [5, 5.41) is 11.8. The number of Topliss-reactive ketones (excluding diaryl/α,β-unsaturated/α-hetero) is 1. The number of halogens is 1. The maximum Gasteiger partial charge on any atom is 0.315 e. The zero-order valence-corrected chi connectivity index (χ0v) is 20.2. The van der Waals surface area contributed by atoms with Crippen molar-refractivity contribution in [2.24, 2.45) is 10.9 Å². The Bertz CT molecular complexity index is 1200. The molecule has 0 bridgehead atoms. The average molecular weight is 497 g/mol. The van der Waals surface area contributed by atoms with Crippen LogP contribution in [0.1, 0.15) is 42.7 Å². The van der Waals surface area contributed by atoms with E-state index in [-0.39, 0.29) is 37.0 Å². The maximum atomic E-state index is 13.5. The molecule has 0 saturated carbocycles. The third kappa shape index (κ3) is 5.18. The molecule has 1 aliphatic heterocycles. The van der Waals surface area contributed by atoms with Gasteiger partial charge in [0.25, 0.3) is 5.69 Å². The van der Waals surface area contributed by atoms with E-state index < -0.39 is 22.7 Å². The number of ether oxygens (including phenoxy) is 2. The first-order valence-corrected chi connectivity index (χ1v) is 11.6. The van der Waals surface area contributed by atoms with Gasteiger partial charge >= 0.3 is 5.97 Å². The zero-order chi connectivity index (χ0) is 25.1. The molecule has 2 aromatic carbocycles. The van der Waals surface area contributed by atoms with E-state index in [1.54, 1.807) is 31.2 Å². The van der Waals surface area contributed by atoms with Gasteiger partial charge in [0.1, 0.15) is 12.5 Å². The lowest BCUT2D eigenvalue weighted by atomic mass is 9.69. The molecule has 35 heavy (non-hydrogen) atoms. The van der Waals surface area contributed by atoms with Crippen LogP contribution in [0.3, 0.4) is 0 Å². The summed E-state index contributed by atoms with van der Waals surface area (Å²) in [6.45, 7) is 2.07. The predicted molar refractivity (Wildman–Crippen MR) is 131 cm³/mol. The lowest BCUT2D eigenvalue weighted by molar-refractivity contribution is -0.384. The van der Waals surface area contributed by atoms with Crippen LogP contribution in [0.15, 0.2) is 64.8 Å². The van der Waals surface area contributed by atoms with Crippen LogP contribution in [0.4, 0.5) is 5.69 Å². The van der Waals surface area contributed by atoms with Gasteiger partial charge in [-0.3, -0.25) is 24.7 Å². The third-order valence-corrected chi connectivity index (χ3v) is 6.73. The quantitative estimate of drug-likeness (QED) is 0.230. The number of aliphatic imine (C=N–C) groups is 1. The summed E-state index contributed by atoms with van der Waals surface area (Å²) in [5.41, 5.74) is 3.21. The predicted octanol–water partition coefficient (Wildman–Crippen LogP) is 5.01. The van der Waals surface area contributed by atoms with Crippen LogP contribution in [-0.4, -0.2) is 42.7 Å². The second-order valence-corrected chi connectivity index (χ2v) is 9.09. The second kappa shape index (κ2) is 10.5. The van der Waals surface area contributed by atoms with Crippen LogP contribution in [0.5, 0.6) is 0 Å². The summed E-state index contributed by atoms with van der Waals surface area (Å²) in [5.74, 6) is -2.12. The van der Waals surface area contributed by atoms with Crippen LogP contribution in [0.2, 0.25) is 5.02 Å². The lowest BCUT2D eigenvalue weighted by Crippen LogP contribution is -2.38. The number of nitrogens with zero attached hydrogens (tertiary/aromatic N) is 2. The van der Waals surface area contributed by atoms with E-state index in [9.17, 15) is 19.7 Å². The molecule has 0 aromatic heterocycles. The van der Waals surface area contributed by atoms with Gasteiger partial charge in [-0.25, -0.2) is 0 Å². The molecule has 0 fully saturated rings. The van der Waals surface area contributed by atoms with Crippen molar-refractivity contribution in [3.8, 4) is 0 Å². The van der Waals surface area contributed by atoms with E-state index in [2.05, 4.69) is 0 Å². The van der Waals surface area contributed by atoms with Crippen LogP contribution >= 0.6 is 11.6 Å². The molecule has 0 radical (unpaired) electrons. The third-order valence-electron chi connectivity index (χ3n) is 6.48. The number of methoxy groups -OCH3 is 1. The Morgan fingerprint density at radius 3 is 2.37 bits per heavy atom. The fourth-order valence-corrected chi connectivity index (χ4v) is 4.94. The molecule has 3 atom stereocenters. The van der Waals surface area contributed by atoms with Crippen molar-refractivity contribution in [1.29, 1.82) is 0 Å². The standard InChI is InChI=1S/C26H25ClN2O6/c1-15-23(26(31)35-12-11-34-2)24(17-5-9-20(10-6-17)29(32)33)25-21(28-15)13-18(14-22(25)30)16-3-7-19(27)8-4-16/h3-10,18,23-24H,11-14H2,1-2H3/t18-,23?,24-/m0/s1. The van der Waals surface area contributed by atoms with E-state index in [0.717, 1.165) is 5.56 Å². The van der Waals surface area contributed by atoms with Gasteiger partial charge in [0.2, 0.25) is 0 Å². The van der Waals surface area contributed by atoms with Crippen molar-refractivity contribution in [2.45, 2.75) is 31.6 Å². The summed E-state index contributed by atoms with van der Waals surface area (Å²) in [6, 6.07) is 13.4. The van der Waals surface area contributed by atoms with Gasteiger partial charge in [-0.2, -0.15) is 0 Å². The first kappa shape index (κ1) is 24.8. The summed E-state index contributed by atoms with van der Waals surface area (Å²) < 4.78 is 10.4. The average Bonchev–Trinajstić information content (AvgIpc) is 2.83. The fourth-order valence-electron chi connectivity index (χ4n) is 4.81. The minimum Gasteiger partial charge on any atom is -0.463 e. The summed E-state index contributed by atoms with van der Waals surface area (Å²) in [7, 11) is 1.51. The number of nitro groups is 1. The molecule has 1 unspecified atom stereocenters. The number of non-ortho nitro benzene ring substituents is 1. The van der Waals surface area contributed by atoms with Crippen LogP contribution < -0.4 is 0 Å². The van der Waals surface area contributed by atoms with Gasteiger partial charge in [-0.1, -0.05) is 35.9 Å². The number of hydrogen-bond acceptors (Lipinski definition) is 7. The van der Waals surface area contributed by atoms with Crippen molar-refractivity contribution < 1.29 is 24.0 Å². The first-order chi connectivity index (χ1) is 16.8. The SMILES string of the molecule is COCCOC(=O)C1C(C)=NC2=C(C(=O)C[C@@H](c3ccc(Cl)cc3)C2)[C@H]1c1ccc([N+](=O)[O-])cc1. The number of rotatable bonds is 7. The Hall–Kier alpha value is -3.36. The highest BCUT2D eigenvalue weighted by Crippen LogP contribution is 2.47. The largest absolute Gasteiger partial charge is 0.463 e. The zero-order valence-electron chi connectivity index (χ0n) is 19.4. The summed E-state index contributed by atoms with van der Waals surface area (Å²) in [6.07, 6.45) is 0.804. The molecular formula is C26H25ClN2O6. The molecule has 2 aliphatic rings. The molecule has 8 nitrogen and oxygen atoms in total. The smallest absolute Gasteiger partial charge is 0.315 e. The number of carbonyl (C=O) groups excluding carboxylic acids is 2. The number of hydrogen-bond donors (Lipinski definition) is 0. The van der Waals surface area contributed by atoms with Gasteiger partial charge in [0.05, 0.1) is 11.5 Å². The molecule has 1 aliphatic carbocycles. The topological polar surface area (TPSA) is 108 Å². The van der Waals surface area contributed by atoms with Crippen LogP contribution in [0.25, 0.3) is 0 Å². The van der Waals surface area contributed by atoms with Gasteiger partial charge < -0.3 is 9.47 Å². The molecule has 2 aromatic rings. The van der Waals surface area contributed by atoms with Gasteiger partial charge in [-0.05, 0) is 42.5 Å². The number of allylic oxidation sites excluding steroid dienone is 2. The Balaban J connectivity index is 1.75. The van der Waals surface area contributed by atoms with Crippen molar-refractivity contribution in [2.75, 3.05) is 20.3 Å². The van der Waals surface area contributed by atoms with Crippen molar-refractivity contribution in [3.05, 3.63) is 86.1 Å². The number of nitro benzene ring substituents is 1. The van der Waals surface area contributed by atoms with Crippen molar-refractivity contribution >= 4 is 34.8 Å². The lowest BCUT2D eigenvalue weighted by Gasteiger charge is -2.36. The first-order valence-electron chi connectivity index (χ1n) is 11.3. The number of ketones is 1. The Kier molecular flexibility index (Phi) is 7.42. The maximum absolute atomic E-state index is 13.5. The van der Waals surface area contributed by atoms with E-state index in [0.29, 0.717) is 34.0 Å². The van der Waals surface area contributed by atoms with Gasteiger partial charge in [-0.15, -0.1) is 0 Å². The Morgan fingerprint density at radius 1 is 1.09 bits per heavy atom. The minimum atomic E-state index is -0.817. The molecule has 0 N–H and O–H groups in total. The number of benzene rings is 2. The van der Waals surface area contributed by atoms with E-state index >= 15 is 0 Å². The van der Waals surface area contributed by atoms with Crippen LogP contribution in [-0.2, 0) is 19.1 Å². The highest BCUT2D eigenvalue weighted by atomic mass is 35.5. The molecule has 0 spiro atoms. The van der Waals surface area contributed by atoms with Gasteiger partial charge in [0, 0.05) is 53.6 Å². The van der Waals surface area contributed by atoms with Crippen molar-refractivity contribution in [3.63, 3.8) is 0 Å². The normalized spacial score (nSPS) is 21.9. The molecule has 0 saturated heterocycles. The van der Waals surface area contributed by atoms with E-state index in [4.69, 9.17) is 26.1 Å². The molecule has 9 heteroatoms. The van der Waals surface area contributed by atoms with E-state index in [1.165, 1.54) is 19.2 Å². The van der Waals surface area contributed by atoms with E-state index in [1.807, 2.05) is 12.1 Å². The van der Waals surface area contributed by atoms with Crippen LogP contribution in [0, 0.1) is 16.0 Å². The van der Waals surface area contributed by atoms with Crippen molar-refractivity contribution in [1.82, 2.24) is 0 Å². The summed E-state index contributed by atoms with van der Waals surface area (Å²) >= 11 is 6.03. The molecule has 182 valence electrons. The molecule has 1 heterocycles. The van der Waals surface area contributed by atoms with Gasteiger partial charge in [0.15, 0.2) is 5.78 Å². The highest BCUT2D eigenvalue weighted by Gasteiger charge is 2.44. The molecular weight excluding hydrogens is 472 g/mol. The molecule has 4 rings (SSSR count).